The summed E-state index contributed by atoms with van der Waals surface area (Å²) in [6.07, 6.45) is 2.22. The standard InChI is InChI=1S/C25H27ClF3N7/c26-21-11-19(12-30-33-21)35-13-16-7-8-17(14-35)22(16)31-24-32-23-20(6-1-2-9-36(23)34-24)15-4-3-5-18(10-15)25(27,28)29/h3-5,10-12,16-17,20,22H,1-2,6-9,13-14H2,(H,31,34)/t16-,17?,20-,22-/m0/s1. The van der Waals surface area contributed by atoms with Gasteiger partial charge in [-0.25, -0.2) is 4.68 Å². The van der Waals surface area contributed by atoms with Crippen molar-refractivity contribution >= 4 is 23.2 Å². The van der Waals surface area contributed by atoms with Crippen LogP contribution in [0.15, 0.2) is 36.5 Å². The fraction of sp³-hybridized carbons (Fsp3) is 0.520. The van der Waals surface area contributed by atoms with Crippen molar-refractivity contribution in [2.45, 2.75) is 56.8 Å². The number of fused-ring (bicyclic) bond motifs is 3. The van der Waals surface area contributed by atoms with E-state index in [0.29, 0.717) is 28.5 Å². The molecule has 190 valence electrons. The van der Waals surface area contributed by atoms with Gasteiger partial charge in [0.2, 0.25) is 5.95 Å². The van der Waals surface area contributed by atoms with Crippen LogP contribution in [0, 0.1) is 11.8 Å². The lowest BCUT2D eigenvalue weighted by Crippen LogP contribution is -2.48. The second-order valence-corrected chi connectivity index (χ2v) is 10.5. The lowest BCUT2D eigenvalue weighted by molar-refractivity contribution is -0.137. The van der Waals surface area contributed by atoms with Gasteiger partial charge in [-0.05, 0) is 49.1 Å². The number of benzene rings is 1. The highest BCUT2D eigenvalue weighted by molar-refractivity contribution is 6.29. The summed E-state index contributed by atoms with van der Waals surface area (Å²) in [6.45, 7) is 2.49. The number of hydrogen-bond acceptors (Lipinski definition) is 6. The summed E-state index contributed by atoms with van der Waals surface area (Å²) < 4.78 is 41.9. The van der Waals surface area contributed by atoms with Crippen LogP contribution in [0.1, 0.15) is 55.0 Å². The molecule has 3 aromatic rings. The van der Waals surface area contributed by atoms with E-state index >= 15 is 0 Å². The molecule has 7 nitrogen and oxygen atoms in total. The molecule has 2 aliphatic heterocycles. The van der Waals surface area contributed by atoms with Crippen molar-refractivity contribution in [1.82, 2.24) is 25.0 Å². The third-order valence-electron chi connectivity index (χ3n) is 7.85. The zero-order valence-electron chi connectivity index (χ0n) is 19.6. The Morgan fingerprint density at radius 1 is 1.03 bits per heavy atom. The van der Waals surface area contributed by atoms with Crippen LogP contribution < -0.4 is 10.2 Å². The lowest BCUT2D eigenvalue weighted by Gasteiger charge is -2.39. The van der Waals surface area contributed by atoms with E-state index in [2.05, 4.69) is 20.4 Å². The predicted molar refractivity (Wildman–Crippen MR) is 130 cm³/mol. The van der Waals surface area contributed by atoms with Crippen LogP contribution >= 0.6 is 11.6 Å². The number of aromatic nitrogens is 5. The van der Waals surface area contributed by atoms with Crippen molar-refractivity contribution in [1.29, 1.82) is 0 Å². The number of piperidine rings is 1. The lowest BCUT2D eigenvalue weighted by atomic mass is 9.92. The number of alkyl halides is 3. The number of nitrogens with one attached hydrogen (secondary N) is 1. The number of anilines is 2. The van der Waals surface area contributed by atoms with Gasteiger partial charge in [0.1, 0.15) is 5.82 Å². The zero-order valence-corrected chi connectivity index (χ0v) is 20.4. The van der Waals surface area contributed by atoms with E-state index in [1.165, 1.54) is 12.1 Å². The fourth-order valence-electron chi connectivity index (χ4n) is 6.15. The van der Waals surface area contributed by atoms with E-state index < -0.39 is 11.7 Å². The van der Waals surface area contributed by atoms with Crippen LogP contribution in [0.3, 0.4) is 0 Å². The highest BCUT2D eigenvalue weighted by Gasteiger charge is 2.43. The molecule has 0 spiro atoms. The van der Waals surface area contributed by atoms with Gasteiger partial charge in [0, 0.05) is 37.7 Å². The maximum Gasteiger partial charge on any atom is 0.416 e. The van der Waals surface area contributed by atoms with Crippen molar-refractivity contribution < 1.29 is 13.2 Å². The van der Waals surface area contributed by atoms with Gasteiger partial charge in [0.25, 0.3) is 0 Å². The molecule has 11 heteroatoms. The summed E-state index contributed by atoms with van der Waals surface area (Å²) in [5.74, 6) is 1.97. The smallest absolute Gasteiger partial charge is 0.369 e. The van der Waals surface area contributed by atoms with Crippen molar-refractivity contribution in [2.24, 2.45) is 11.8 Å². The minimum atomic E-state index is -4.37. The molecule has 1 aromatic carbocycles. The molecule has 6 rings (SSSR count). The van der Waals surface area contributed by atoms with Gasteiger partial charge < -0.3 is 10.2 Å². The van der Waals surface area contributed by atoms with Gasteiger partial charge in [-0.2, -0.15) is 23.3 Å². The van der Waals surface area contributed by atoms with Crippen LogP contribution in [0.2, 0.25) is 5.15 Å². The third kappa shape index (κ3) is 4.51. The van der Waals surface area contributed by atoms with E-state index in [9.17, 15) is 13.2 Å². The largest absolute Gasteiger partial charge is 0.416 e. The second kappa shape index (κ2) is 9.21. The molecule has 0 radical (unpaired) electrons. The summed E-state index contributed by atoms with van der Waals surface area (Å²) in [4.78, 5) is 7.17. The first kappa shape index (κ1) is 23.5. The molecule has 2 bridgehead atoms. The van der Waals surface area contributed by atoms with Crippen LogP contribution in [0.4, 0.5) is 24.8 Å². The number of rotatable bonds is 4. The fourth-order valence-corrected chi connectivity index (χ4v) is 6.30. The normalized spacial score (nSPS) is 25.9. The van der Waals surface area contributed by atoms with Crippen LogP contribution in [0.5, 0.6) is 0 Å². The molecule has 3 aliphatic rings. The zero-order chi connectivity index (χ0) is 24.9. The highest BCUT2D eigenvalue weighted by atomic mass is 35.5. The van der Waals surface area contributed by atoms with Crippen molar-refractivity contribution in [2.75, 3.05) is 23.3 Å². The number of halogens is 4. The molecular formula is C25H27ClF3N7. The average Bonchev–Trinajstić information content (AvgIpc) is 3.25. The maximum atomic E-state index is 13.4. The first-order valence-corrected chi connectivity index (χ1v) is 12.8. The minimum Gasteiger partial charge on any atom is -0.369 e. The molecule has 1 aliphatic carbocycles. The van der Waals surface area contributed by atoms with Crippen molar-refractivity contribution in [3.63, 3.8) is 0 Å². The van der Waals surface area contributed by atoms with Crippen molar-refractivity contribution in [3.05, 3.63) is 58.6 Å². The Kier molecular flexibility index (Phi) is 6.02. The Morgan fingerprint density at radius 2 is 1.83 bits per heavy atom. The van der Waals surface area contributed by atoms with E-state index in [1.807, 2.05) is 10.7 Å². The van der Waals surface area contributed by atoms with E-state index in [0.717, 1.165) is 69.3 Å². The average molecular weight is 518 g/mol. The van der Waals surface area contributed by atoms with Gasteiger partial charge in [-0.3, -0.25) is 0 Å². The number of aryl methyl sites for hydroxylation is 1. The first-order valence-electron chi connectivity index (χ1n) is 12.5. The topological polar surface area (TPSA) is 71.8 Å². The molecule has 1 N–H and O–H groups in total. The molecule has 4 heterocycles. The van der Waals surface area contributed by atoms with Gasteiger partial charge in [-0.1, -0.05) is 36.2 Å². The minimum absolute atomic E-state index is 0.208. The summed E-state index contributed by atoms with van der Waals surface area (Å²) in [5, 5.41) is 16.6. The Hall–Kier alpha value is -2.88. The molecule has 1 unspecified atom stereocenters. The molecule has 0 amide bonds. The molecular weight excluding hydrogens is 491 g/mol. The van der Waals surface area contributed by atoms with Crippen LogP contribution in [0.25, 0.3) is 0 Å². The van der Waals surface area contributed by atoms with Crippen molar-refractivity contribution in [3.8, 4) is 0 Å². The predicted octanol–water partition coefficient (Wildman–Crippen LogP) is 5.38. The third-order valence-corrected chi connectivity index (χ3v) is 8.03. The maximum absolute atomic E-state index is 13.4. The number of nitrogens with zero attached hydrogens (tertiary/aromatic N) is 6. The van der Waals surface area contributed by atoms with Crippen LogP contribution in [-0.2, 0) is 12.7 Å². The summed E-state index contributed by atoms with van der Waals surface area (Å²) in [5.41, 5.74) is 1.01. The second-order valence-electron chi connectivity index (χ2n) is 10.1. The highest BCUT2D eigenvalue weighted by Crippen LogP contribution is 2.41. The molecule has 36 heavy (non-hydrogen) atoms. The van der Waals surface area contributed by atoms with Gasteiger partial charge >= 0.3 is 6.18 Å². The van der Waals surface area contributed by atoms with E-state index in [-0.39, 0.29) is 12.0 Å². The Balaban J connectivity index is 1.22. The Labute approximate surface area is 212 Å². The monoisotopic (exact) mass is 517 g/mol. The van der Waals surface area contributed by atoms with Gasteiger partial charge in [0.15, 0.2) is 5.15 Å². The quantitative estimate of drug-likeness (QED) is 0.501. The molecule has 1 saturated carbocycles. The summed E-state index contributed by atoms with van der Waals surface area (Å²) in [7, 11) is 0. The molecule has 1 saturated heterocycles. The first-order chi connectivity index (χ1) is 17.3. The van der Waals surface area contributed by atoms with Gasteiger partial charge in [-0.15, -0.1) is 10.2 Å². The molecule has 2 fully saturated rings. The molecule has 2 aromatic heterocycles. The summed E-state index contributed by atoms with van der Waals surface area (Å²) >= 11 is 6.05. The van der Waals surface area contributed by atoms with Crippen LogP contribution in [-0.4, -0.2) is 44.1 Å². The Morgan fingerprint density at radius 3 is 2.58 bits per heavy atom. The molecule has 4 atom stereocenters. The van der Waals surface area contributed by atoms with E-state index in [1.54, 1.807) is 12.3 Å². The van der Waals surface area contributed by atoms with E-state index in [4.69, 9.17) is 21.7 Å². The summed E-state index contributed by atoms with van der Waals surface area (Å²) in [6, 6.07) is 7.75. The Bertz CT molecular complexity index is 1230. The number of hydrogen-bond donors (Lipinski definition) is 1. The van der Waals surface area contributed by atoms with Gasteiger partial charge in [0.05, 0.1) is 17.4 Å². The SMILES string of the molecule is FC(F)(F)c1cccc([C@@H]2CCCCn3nc(N[C@@H]4C5CC[C@H]4CN(c4cnnc(Cl)c4)C5)nc32)c1.